The summed E-state index contributed by atoms with van der Waals surface area (Å²) in [6, 6.07) is 20.2. The number of aromatic amines is 1. The van der Waals surface area contributed by atoms with Crippen LogP contribution in [0.3, 0.4) is 0 Å². The zero-order chi connectivity index (χ0) is 28.1. The van der Waals surface area contributed by atoms with Gasteiger partial charge in [0.05, 0.1) is 29.9 Å². The summed E-state index contributed by atoms with van der Waals surface area (Å²) in [5.41, 5.74) is 6.30. The van der Waals surface area contributed by atoms with Crippen LogP contribution >= 0.6 is 0 Å². The summed E-state index contributed by atoms with van der Waals surface area (Å²) in [6.07, 6.45) is -2.69. The van der Waals surface area contributed by atoms with Crippen LogP contribution in [-0.2, 0) is 31.4 Å². The SMILES string of the molecule is CCOCc1ccc2c(c1)n(C)c(=Nc1ccc(CC(F)F)cc1)n2Cc1ccc(C(=O)Nc2nnn[nH]2)cc1. The minimum absolute atomic E-state index is 0.164. The maximum absolute atomic E-state index is 12.8. The summed E-state index contributed by atoms with van der Waals surface area (Å²) in [4.78, 5) is 17.4. The van der Waals surface area contributed by atoms with Crippen LogP contribution in [0.4, 0.5) is 20.4 Å². The summed E-state index contributed by atoms with van der Waals surface area (Å²) >= 11 is 0. The monoisotopic (exact) mass is 546 g/mol. The molecule has 0 saturated heterocycles. The molecular formula is C28H28F2N8O2. The molecule has 206 valence electrons. The van der Waals surface area contributed by atoms with Crippen LogP contribution in [0.5, 0.6) is 0 Å². The van der Waals surface area contributed by atoms with Gasteiger partial charge in [-0.05, 0) is 70.4 Å². The number of benzene rings is 3. The lowest BCUT2D eigenvalue weighted by atomic mass is 10.1. The Morgan fingerprint density at radius 2 is 1.75 bits per heavy atom. The fourth-order valence-electron chi connectivity index (χ4n) is 4.40. The minimum Gasteiger partial charge on any atom is -0.377 e. The summed E-state index contributed by atoms with van der Waals surface area (Å²) in [5.74, 6) is -0.173. The van der Waals surface area contributed by atoms with Crippen LogP contribution in [0.1, 0.15) is 34.0 Å². The van der Waals surface area contributed by atoms with Crippen LogP contribution in [0, 0.1) is 0 Å². The smallest absolute Gasteiger partial charge is 0.258 e. The van der Waals surface area contributed by atoms with Gasteiger partial charge in [0, 0.05) is 25.6 Å². The molecule has 0 aliphatic rings. The molecule has 2 aromatic heterocycles. The molecule has 10 nitrogen and oxygen atoms in total. The Balaban J connectivity index is 1.50. The van der Waals surface area contributed by atoms with Crippen LogP contribution in [-0.4, -0.2) is 48.7 Å². The van der Waals surface area contributed by atoms with Crippen LogP contribution in [0.2, 0.25) is 0 Å². The molecule has 40 heavy (non-hydrogen) atoms. The number of ether oxygens (including phenoxy) is 1. The van der Waals surface area contributed by atoms with Crippen molar-refractivity contribution in [3.8, 4) is 0 Å². The van der Waals surface area contributed by atoms with Crippen molar-refractivity contribution in [2.75, 3.05) is 11.9 Å². The molecule has 5 rings (SSSR count). The molecule has 0 unspecified atom stereocenters. The number of H-pyrrole nitrogens is 1. The first-order valence-electron chi connectivity index (χ1n) is 12.7. The highest BCUT2D eigenvalue weighted by Crippen LogP contribution is 2.20. The lowest BCUT2D eigenvalue weighted by Crippen LogP contribution is -2.24. The highest BCUT2D eigenvalue weighted by molar-refractivity contribution is 6.03. The van der Waals surface area contributed by atoms with Crippen molar-refractivity contribution in [1.82, 2.24) is 29.8 Å². The zero-order valence-electron chi connectivity index (χ0n) is 22.0. The van der Waals surface area contributed by atoms with Gasteiger partial charge in [0.25, 0.3) is 5.91 Å². The van der Waals surface area contributed by atoms with Gasteiger partial charge >= 0.3 is 0 Å². The van der Waals surface area contributed by atoms with Gasteiger partial charge in [-0.1, -0.05) is 35.4 Å². The number of tetrazole rings is 1. The third kappa shape index (κ3) is 6.12. The predicted molar refractivity (Wildman–Crippen MR) is 145 cm³/mol. The highest BCUT2D eigenvalue weighted by Gasteiger charge is 2.13. The second-order valence-corrected chi connectivity index (χ2v) is 9.18. The Morgan fingerprint density at radius 1 is 1.02 bits per heavy atom. The second-order valence-electron chi connectivity index (χ2n) is 9.18. The van der Waals surface area contributed by atoms with Crippen molar-refractivity contribution < 1.29 is 18.3 Å². The first-order valence-corrected chi connectivity index (χ1v) is 12.7. The van der Waals surface area contributed by atoms with Crippen molar-refractivity contribution in [3.05, 3.63) is 94.6 Å². The molecule has 2 N–H and O–H groups in total. The molecule has 0 atom stereocenters. The largest absolute Gasteiger partial charge is 0.377 e. The Kier molecular flexibility index (Phi) is 8.06. The van der Waals surface area contributed by atoms with E-state index in [0.29, 0.717) is 42.2 Å². The van der Waals surface area contributed by atoms with E-state index in [-0.39, 0.29) is 18.3 Å². The molecule has 0 bridgehead atoms. The summed E-state index contributed by atoms with van der Waals surface area (Å²) in [5, 5.41) is 15.6. The van der Waals surface area contributed by atoms with Crippen LogP contribution < -0.4 is 10.9 Å². The van der Waals surface area contributed by atoms with E-state index in [1.54, 1.807) is 36.4 Å². The summed E-state index contributed by atoms with van der Waals surface area (Å²) in [7, 11) is 1.94. The number of carbonyl (C=O) groups is 1. The molecule has 12 heteroatoms. The van der Waals surface area contributed by atoms with E-state index in [9.17, 15) is 13.6 Å². The van der Waals surface area contributed by atoms with Gasteiger partial charge in [-0.25, -0.2) is 18.9 Å². The highest BCUT2D eigenvalue weighted by atomic mass is 19.3. The second kappa shape index (κ2) is 12.0. The molecule has 0 radical (unpaired) electrons. The molecule has 0 aliphatic carbocycles. The van der Waals surface area contributed by atoms with Crippen molar-refractivity contribution in [3.63, 3.8) is 0 Å². The molecular weight excluding hydrogens is 518 g/mol. The fraction of sp³-hybridized carbons (Fsp3) is 0.250. The number of alkyl halides is 2. The number of anilines is 1. The van der Waals surface area contributed by atoms with Gasteiger partial charge in [-0.3, -0.25) is 10.1 Å². The Morgan fingerprint density at radius 3 is 2.42 bits per heavy atom. The molecule has 0 saturated carbocycles. The topological polar surface area (TPSA) is 115 Å². The van der Waals surface area contributed by atoms with Gasteiger partial charge in [-0.2, -0.15) is 0 Å². The Hall–Kier alpha value is -4.71. The average molecular weight is 547 g/mol. The zero-order valence-corrected chi connectivity index (χ0v) is 22.0. The molecule has 0 spiro atoms. The summed E-state index contributed by atoms with van der Waals surface area (Å²) in [6.45, 7) is 3.57. The maximum atomic E-state index is 12.8. The molecule has 0 aliphatic heterocycles. The number of hydrogen-bond donors (Lipinski definition) is 2. The van der Waals surface area contributed by atoms with E-state index in [1.807, 2.05) is 42.8 Å². The quantitative estimate of drug-likeness (QED) is 0.270. The third-order valence-electron chi connectivity index (χ3n) is 6.40. The van der Waals surface area contributed by atoms with Gasteiger partial charge in [0.1, 0.15) is 0 Å². The van der Waals surface area contributed by atoms with Crippen molar-refractivity contribution in [2.24, 2.45) is 12.0 Å². The number of fused-ring (bicyclic) bond motifs is 1. The van der Waals surface area contributed by atoms with Gasteiger partial charge in [0.2, 0.25) is 18.0 Å². The Labute approximate surface area is 228 Å². The first kappa shape index (κ1) is 26.9. The average Bonchev–Trinajstić information content (AvgIpc) is 3.55. The first-order chi connectivity index (χ1) is 19.4. The standard InChI is InChI=1S/C28H28F2N8O2/c1-3-40-17-20-8-13-23-24(14-20)37(2)28(31-22-11-6-18(7-12-22)15-25(29)30)38(23)16-19-4-9-21(10-5-19)26(39)32-27-33-35-36-34-27/h4-14,25H,3,15-17H2,1-2H3,(H2,32,33,34,35,36,39). The summed E-state index contributed by atoms with van der Waals surface area (Å²) < 4.78 is 35.3. The maximum Gasteiger partial charge on any atom is 0.258 e. The number of aromatic nitrogens is 6. The van der Waals surface area contributed by atoms with Gasteiger partial charge < -0.3 is 13.9 Å². The van der Waals surface area contributed by atoms with Crippen LogP contribution in [0.25, 0.3) is 11.0 Å². The predicted octanol–water partition coefficient (Wildman–Crippen LogP) is 4.37. The molecule has 0 fully saturated rings. The molecule has 2 heterocycles. The van der Waals surface area contributed by atoms with E-state index < -0.39 is 6.43 Å². The van der Waals surface area contributed by atoms with E-state index in [1.165, 1.54) is 0 Å². The third-order valence-corrected chi connectivity index (χ3v) is 6.40. The van der Waals surface area contributed by atoms with Crippen molar-refractivity contribution in [1.29, 1.82) is 0 Å². The number of halogens is 2. The lowest BCUT2D eigenvalue weighted by molar-refractivity contribution is 0.102. The fourth-order valence-corrected chi connectivity index (χ4v) is 4.40. The lowest BCUT2D eigenvalue weighted by Gasteiger charge is -2.08. The van der Waals surface area contributed by atoms with E-state index in [0.717, 1.165) is 22.2 Å². The molecule has 3 aromatic carbocycles. The van der Waals surface area contributed by atoms with Gasteiger partial charge in [0.15, 0.2) is 0 Å². The number of nitrogens with one attached hydrogen (secondary N) is 2. The number of aryl methyl sites for hydroxylation is 1. The van der Waals surface area contributed by atoms with Crippen molar-refractivity contribution in [2.45, 2.75) is 32.9 Å². The van der Waals surface area contributed by atoms with Crippen LogP contribution in [0.15, 0.2) is 71.7 Å². The number of rotatable bonds is 10. The van der Waals surface area contributed by atoms with E-state index in [2.05, 4.69) is 36.6 Å². The van der Waals surface area contributed by atoms with E-state index >= 15 is 0 Å². The minimum atomic E-state index is -2.40. The number of amides is 1. The van der Waals surface area contributed by atoms with E-state index in [4.69, 9.17) is 9.73 Å². The number of nitrogens with zero attached hydrogens (tertiary/aromatic N) is 6. The van der Waals surface area contributed by atoms with Crippen molar-refractivity contribution >= 4 is 28.6 Å². The van der Waals surface area contributed by atoms with Gasteiger partial charge in [-0.15, -0.1) is 0 Å². The molecule has 1 amide bonds. The number of imidazole rings is 1. The number of hydrogen-bond acceptors (Lipinski definition) is 6. The normalized spacial score (nSPS) is 12.0. The Bertz CT molecular complexity index is 1660. The molecule has 5 aromatic rings. The number of carbonyl (C=O) groups excluding carboxylic acids is 1.